The van der Waals surface area contributed by atoms with Crippen LogP contribution in [0, 0.1) is 0 Å². The summed E-state index contributed by atoms with van der Waals surface area (Å²) in [5, 5.41) is 15.7. The lowest BCUT2D eigenvalue weighted by molar-refractivity contribution is -0.114. The summed E-state index contributed by atoms with van der Waals surface area (Å²) in [6.07, 6.45) is 8.20. The van der Waals surface area contributed by atoms with Gasteiger partial charge in [0.05, 0.1) is 10.2 Å². The molecule has 1 amide bonds. The van der Waals surface area contributed by atoms with Crippen LogP contribution < -0.4 is 15.9 Å². The minimum atomic E-state index is -0.299. The maximum absolute atomic E-state index is 12.2. The summed E-state index contributed by atoms with van der Waals surface area (Å²) >= 11 is 1.36. The first-order valence-corrected chi connectivity index (χ1v) is 8.88. The lowest BCUT2D eigenvalue weighted by Gasteiger charge is -2.09. The molecule has 122 valence electrons. The van der Waals surface area contributed by atoms with Gasteiger partial charge in [0.15, 0.2) is 5.13 Å². The van der Waals surface area contributed by atoms with Crippen molar-refractivity contribution in [3.8, 4) is 5.88 Å². The van der Waals surface area contributed by atoms with Crippen molar-refractivity contribution in [1.29, 1.82) is 0 Å². The van der Waals surface area contributed by atoms with Gasteiger partial charge in [-0.1, -0.05) is 42.4 Å². The van der Waals surface area contributed by atoms with Crippen LogP contribution in [0.15, 0.2) is 34.8 Å². The average Bonchev–Trinajstić information content (AvgIpc) is 3.19. The number of carbonyl (C=O) groups is 1. The molecule has 0 spiro atoms. The van der Waals surface area contributed by atoms with E-state index < -0.39 is 0 Å². The predicted molar refractivity (Wildman–Crippen MR) is 94.3 cm³/mol. The van der Waals surface area contributed by atoms with Crippen LogP contribution in [0.4, 0.5) is 5.13 Å². The molecule has 2 aromatic rings. The van der Waals surface area contributed by atoms with Crippen LogP contribution in [0.3, 0.4) is 0 Å². The van der Waals surface area contributed by atoms with Gasteiger partial charge in [-0.25, -0.2) is 4.99 Å². The predicted octanol–water partition coefficient (Wildman–Crippen LogP) is 2.23. The van der Waals surface area contributed by atoms with Crippen LogP contribution in [-0.2, 0) is 4.79 Å². The molecule has 1 aliphatic carbocycles. The van der Waals surface area contributed by atoms with Crippen LogP contribution in [0.1, 0.15) is 30.6 Å². The molecule has 0 bridgehead atoms. The maximum Gasteiger partial charge on any atom is 0.277 e. The molecule has 1 fully saturated rings. The lowest BCUT2D eigenvalue weighted by Crippen LogP contribution is -2.29. The van der Waals surface area contributed by atoms with E-state index in [0.717, 1.165) is 18.1 Å². The van der Waals surface area contributed by atoms with E-state index in [2.05, 4.69) is 15.3 Å². The summed E-state index contributed by atoms with van der Waals surface area (Å²) in [5.74, 6) is -0.347. The highest BCUT2D eigenvalue weighted by atomic mass is 32.1. The number of para-hydroxylation sites is 1. The third-order valence-electron chi connectivity index (χ3n) is 4.32. The normalized spacial score (nSPS) is 19.0. The van der Waals surface area contributed by atoms with Gasteiger partial charge in [0.25, 0.3) is 5.91 Å². The van der Waals surface area contributed by atoms with Crippen LogP contribution in [0.2, 0.25) is 0 Å². The Bertz CT molecular complexity index is 939. The number of rotatable bonds is 3. The molecule has 1 saturated carbocycles. The summed E-state index contributed by atoms with van der Waals surface area (Å²) in [4.78, 5) is 21.0. The van der Waals surface area contributed by atoms with Crippen LogP contribution in [-0.4, -0.2) is 22.0 Å². The van der Waals surface area contributed by atoms with Gasteiger partial charge >= 0.3 is 0 Å². The number of hydrogen-bond donors (Lipinski definition) is 2. The van der Waals surface area contributed by atoms with E-state index in [1.165, 1.54) is 24.2 Å². The second-order valence-electron chi connectivity index (χ2n) is 6.05. The van der Waals surface area contributed by atoms with E-state index in [1.54, 1.807) is 12.2 Å². The quantitative estimate of drug-likeness (QED) is 0.841. The number of thiazole rings is 1. The molecule has 1 aliphatic heterocycles. The van der Waals surface area contributed by atoms with Crippen molar-refractivity contribution in [2.45, 2.75) is 31.7 Å². The third-order valence-corrected chi connectivity index (χ3v) is 5.24. The Balaban J connectivity index is 1.64. The van der Waals surface area contributed by atoms with E-state index in [-0.39, 0.29) is 11.8 Å². The minimum absolute atomic E-state index is 0.0481. The highest BCUT2D eigenvalue weighted by molar-refractivity contribution is 7.16. The number of fused-ring (bicyclic) bond motifs is 1. The summed E-state index contributed by atoms with van der Waals surface area (Å²) < 4.78 is 0. The van der Waals surface area contributed by atoms with Crippen molar-refractivity contribution >= 4 is 34.5 Å². The van der Waals surface area contributed by atoms with Crippen LogP contribution in [0.5, 0.6) is 5.88 Å². The molecule has 2 aliphatic rings. The number of nitrogens with one attached hydrogen (secondary N) is 1. The Hall–Kier alpha value is -2.47. The zero-order valence-electron chi connectivity index (χ0n) is 13.0. The zero-order valence-corrected chi connectivity index (χ0v) is 13.8. The van der Waals surface area contributed by atoms with Crippen molar-refractivity contribution in [3.05, 3.63) is 45.3 Å². The summed E-state index contributed by atoms with van der Waals surface area (Å²) in [5.41, 5.74) is 0.458. The molecule has 4 rings (SSSR count). The van der Waals surface area contributed by atoms with Gasteiger partial charge in [-0.15, -0.1) is 0 Å². The van der Waals surface area contributed by atoms with Gasteiger partial charge in [0.1, 0.15) is 0 Å². The Labute approximate surface area is 143 Å². The molecule has 2 N–H and O–H groups in total. The molecule has 0 unspecified atom stereocenters. The number of nitrogens with zero attached hydrogens (tertiary/aromatic N) is 2. The Morgan fingerprint density at radius 3 is 2.88 bits per heavy atom. The van der Waals surface area contributed by atoms with Crippen molar-refractivity contribution in [3.63, 3.8) is 0 Å². The molecular weight excluding hydrogens is 322 g/mol. The molecule has 0 saturated heterocycles. The van der Waals surface area contributed by atoms with E-state index in [4.69, 9.17) is 0 Å². The zero-order chi connectivity index (χ0) is 16.5. The largest absolute Gasteiger partial charge is 0.492 e. The van der Waals surface area contributed by atoms with Gasteiger partial charge < -0.3 is 10.4 Å². The summed E-state index contributed by atoms with van der Waals surface area (Å²) in [7, 11) is 0. The first kappa shape index (κ1) is 15.1. The minimum Gasteiger partial charge on any atom is -0.492 e. The fraction of sp³-hybridized carbons (Fsp3) is 0.278. The molecular formula is C18H17N3O2S. The van der Waals surface area contributed by atoms with Crippen molar-refractivity contribution in [2.75, 3.05) is 5.32 Å². The third kappa shape index (κ3) is 2.97. The molecule has 24 heavy (non-hydrogen) atoms. The number of hydrogen-bond acceptors (Lipinski definition) is 5. The SMILES string of the molecule is O=C1N=c2ccccc2=C/C1=C\c1sc(NC2CCCC2)nc1O. The fourth-order valence-corrected chi connectivity index (χ4v) is 3.97. The fourth-order valence-electron chi connectivity index (χ4n) is 3.08. The maximum atomic E-state index is 12.2. The van der Waals surface area contributed by atoms with Gasteiger partial charge in [-0.2, -0.15) is 4.98 Å². The average molecular weight is 339 g/mol. The van der Waals surface area contributed by atoms with E-state index in [0.29, 0.717) is 27.0 Å². The highest BCUT2D eigenvalue weighted by Crippen LogP contribution is 2.32. The van der Waals surface area contributed by atoms with E-state index in [1.807, 2.05) is 24.3 Å². The van der Waals surface area contributed by atoms with Crippen LogP contribution >= 0.6 is 11.3 Å². The number of amides is 1. The number of carbonyl (C=O) groups excluding carboxylic acids is 1. The monoisotopic (exact) mass is 339 g/mol. The second kappa shape index (κ2) is 6.20. The first-order valence-electron chi connectivity index (χ1n) is 8.07. The highest BCUT2D eigenvalue weighted by Gasteiger charge is 2.18. The summed E-state index contributed by atoms with van der Waals surface area (Å²) in [6, 6.07) is 7.92. The van der Waals surface area contributed by atoms with Gasteiger partial charge in [-0.3, -0.25) is 4.79 Å². The standard InChI is InChI=1S/C18H17N3O2S/c22-16-12(9-11-5-1-4-8-14(11)20-16)10-15-17(23)21-18(24-15)19-13-6-2-3-7-13/h1,4-5,8-10,13,23H,2-3,6-7H2,(H,19,21)/b12-10+. The molecule has 5 nitrogen and oxygen atoms in total. The molecule has 1 aromatic carbocycles. The van der Waals surface area contributed by atoms with Crippen LogP contribution in [0.25, 0.3) is 12.2 Å². The van der Waals surface area contributed by atoms with Gasteiger partial charge in [-0.05, 0) is 31.1 Å². The van der Waals surface area contributed by atoms with E-state index in [9.17, 15) is 9.90 Å². The molecule has 6 heteroatoms. The van der Waals surface area contributed by atoms with Gasteiger partial charge in [0.2, 0.25) is 5.88 Å². The molecule has 2 heterocycles. The summed E-state index contributed by atoms with van der Waals surface area (Å²) in [6.45, 7) is 0. The first-order chi connectivity index (χ1) is 11.7. The van der Waals surface area contributed by atoms with Gasteiger partial charge in [0, 0.05) is 16.8 Å². The smallest absolute Gasteiger partial charge is 0.277 e. The number of anilines is 1. The van der Waals surface area contributed by atoms with E-state index >= 15 is 0 Å². The molecule has 0 radical (unpaired) electrons. The van der Waals surface area contributed by atoms with Crippen molar-refractivity contribution < 1.29 is 9.90 Å². The topological polar surface area (TPSA) is 74.6 Å². The lowest BCUT2D eigenvalue weighted by atomic mass is 10.1. The number of aromatic hydroxyl groups is 1. The Morgan fingerprint density at radius 1 is 1.25 bits per heavy atom. The van der Waals surface area contributed by atoms with Crippen molar-refractivity contribution in [1.82, 2.24) is 4.98 Å². The second-order valence-corrected chi connectivity index (χ2v) is 7.08. The number of benzene rings is 1. The number of aromatic nitrogens is 1. The Morgan fingerprint density at radius 2 is 2.04 bits per heavy atom. The molecule has 1 aromatic heterocycles. The van der Waals surface area contributed by atoms with Crippen molar-refractivity contribution in [2.24, 2.45) is 4.99 Å². The Kier molecular flexibility index (Phi) is 3.90. The molecule has 0 atom stereocenters.